The van der Waals surface area contributed by atoms with Gasteiger partial charge in [-0.25, -0.2) is 9.18 Å². The molecule has 1 aliphatic rings. The number of aryl methyl sites for hydroxylation is 1. The second-order valence-electron chi connectivity index (χ2n) is 7.23. The molecule has 0 saturated carbocycles. The molecule has 0 radical (unpaired) electrons. The lowest BCUT2D eigenvalue weighted by Crippen LogP contribution is -2.47. The molecule has 162 valence electrons. The number of unbranched alkanes of at least 4 members (excludes halogenated alkanes) is 1. The van der Waals surface area contributed by atoms with Gasteiger partial charge in [0, 0.05) is 25.1 Å². The van der Waals surface area contributed by atoms with Crippen molar-refractivity contribution in [3.8, 4) is 11.4 Å². The van der Waals surface area contributed by atoms with Crippen molar-refractivity contribution in [3.05, 3.63) is 53.5 Å². The van der Waals surface area contributed by atoms with Crippen LogP contribution in [-0.2, 0) is 6.42 Å². The van der Waals surface area contributed by atoms with Crippen LogP contribution >= 0.6 is 11.6 Å². The molecule has 2 amide bonds. The van der Waals surface area contributed by atoms with Crippen LogP contribution in [0.4, 0.5) is 15.0 Å². The third-order valence-corrected chi connectivity index (χ3v) is 5.21. The Balaban J connectivity index is 1.36. The largest absolute Gasteiger partial charge is 0.339 e. The summed E-state index contributed by atoms with van der Waals surface area (Å²) in [5.41, 5.74) is 1.92. The highest BCUT2D eigenvalue weighted by Crippen LogP contribution is 2.34. The summed E-state index contributed by atoms with van der Waals surface area (Å²) in [6.07, 6.45) is 2.83. The zero-order valence-corrected chi connectivity index (χ0v) is 17.8. The number of urea groups is 1. The molecule has 1 aliphatic heterocycles. The summed E-state index contributed by atoms with van der Waals surface area (Å²) >= 11 is 6.02. The van der Waals surface area contributed by atoms with Gasteiger partial charge in [-0.3, -0.25) is 9.80 Å². The maximum Gasteiger partial charge on any atom is 0.330 e. The SMILES string of the molecule is C=C1c2[nH]c(Cl)nc2N(CCC)C(=O)N1CCCCc1nc(-c2ccc(F)cc2)no1. The second-order valence-corrected chi connectivity index (χ2v) is 7.59. The van der Waals surface area contributed by atoms with E-state index in [4.69, 9.17) is 16.1 Å². The van der Waals surface area contributed by atoms with Crippen LogP contribution in [0.15, 0.2) is 35.4 Å². The molecule has 8 nitrogen and oxygen atoms in total. The zero-order chi connectivity index (χ0) is 22.0. The van der Waals surface area contributed by atoms with E-state index in [1.165, 1.54) is 12.1 Å². The maximum atomic E-state index is 13.1. The van der Waals surface area contributed by atoms with Gasteiger partial charge in [0.2, 0.25) is 17.0 Å². The standard InChI is InChI=1S/C21H22ClFN6O2/c1-3-11-29-19-17(25-20(22)26-19)13(2)28(21(29)30)12-5-4-6-16-24-18(27-31-16)14-7-9-15(23)10-8-14/h7-10H,2-6,11-12H2,1H3,(H,25,26). The number of H-pyrrole nitrogens is 1. The molecule has 3 heterocycles. The van der Waals surface area contributed by atoms with E-state index in [0.717, 1.165) is 19.3 Å². The Bertz CT molecular complexity index is 1090. The smallest absolute Gasteiger partial charge is 0.330 e. The number of hydrogen-bond donors (Lipinski definition) is 1. The number of nitrogens with one attached hydrogen (secondary N) is 1. The second kappa shape index (κ2) is 8.89. The van der Waals surface area contributed by atoms with Crippen molar-refractivity contribution < 1.29 is 13.7 Å². The predicted octanol–water partition coefficient (Wildman–Crippen LogP) is 4.90. The minimum absolute atomic E-state index is 0.154. The van der Waals surface area contributed by atoms with E-state index < -0.39 is 0 Å². The maximum absolute atomic E-state index is 13.1. The minimum atomic E-state index is -0.316. The van der Waals surface area contributed by atoms with Crippen LogP contribution in [0.5, 0.6) is 0 Å². The van der Waals surface area contributed by atoms with E-state index >= 15 is 0 Å². The van der Waals surface area contributed by atoms with Crippen molar-refractivity contribution in [1.29, 1.82) is 0 Å². The highest BCUT2D eigenvalue weighted by atomic mass is 35.5. The van der Waals surface area contributed by atoms with Gasteiger partial charge < -0.3 is 9.51 Å². The Morgan fingerprint density at radius 2 is 1.94 bits per heavy atom. The number of rotatable bonds is 8. The lowest BCUT2D eigenvalue weighted by atomic mass is 10.1. The van der Waals surface area contributed by atoms with Gasteiger partial charge in [0.05, 0.1) is 5.70 Å². The Morgan fingerprint density at radius 3 is 2.68 bits per heavy atom. The van der Waals surface area contributed by atoms with Crippen LogP contribution in [0, 0.1) is 5.82 Å². The van der Waals surface area contributed by atoms with Crippen molar-refractivity contribution in [2.45, 2.75) is 32.6 Å². The highest BCUT2D eigenvalue weighted by molar-refractivity contribution is 6.28. The van der Waals surface area contributed by atoms with E-state index in [-0.39, 0.29) is 17.1 Å². The van der Waals surface area contributed by atoms with E-state index in [9.17, 15) is 9.18 Å². The van der Waals surface area contributed by atoms with E-state index in [0.29, 0.717) is 54.0 Å². The number of aromatic nitrogens is 4. The van der Waals surface area contributed by atoms with Crippen LogP contribution in [0.2, 0.25) is 5.28 Å². The minimum Gasteiger partial charge on any atom is -0.339 e. The molecule has 0 bridgehead atoms. The quantitative estimate of drug-likeness (QED) is 0.499. The molecule has 1 aromatic carbocycles. The van der Waals surface area contributed by atoms with Crippen molar-refractivity contribution in [2.24, 2.45) is 0 Å². The van der Waals surface area contributed by atoms with Crippen LogP contribution in [0.1, 0.15) is 37.8 Å². The molecular formula is C21H22ClFN6O2. The molecular weight excluding hydrogens is 423 g/mol. The number of aromatic amines is 1. The first kappa shape index (κ1) is 21.0. The molecule has 0 saturated heterocycles. The summed E-state index contributed by atoms with van der Waals surface area (Å²) in [6, 6.07) is 5.77. The summed E-state index contributed by atoms with van der Waals surface area (Å²) < 4.78 is 18.4. The number of fused-ring (bicyclic) bond motifs is 1. The van der Waals surface area contributed by atoms with Gasteiger partial charge in [-0.05, 0) is 55.1 Å². The van der Waals surface area contributed by atoms with Gasteiger partial charge in [0.1, 0.15) is 11.5 Å². The lowest BCUT2D eigenvalue weighted by Gasteiger charge is -2.35. The fourth-order valence-corrected chi connectivity index (χ4v) is 3.67. The molecule has 1 N–H and O–H groups in total. The Morgan fingerprint density at radius 1 is 1.16 bits per heavy atom. The van der Waals surface area contributed by atoms with Gasteiger partial charge in [0.15, 0.2) is 5.82 Å². The van der Waals surface area contributed by atoms with Gasteiger partial charge in [-0.1, -0.05) is 18.7 Å². The number of benzene rings is 1. The van der Waals surface area contributed by atoms with E-state index in [1.54, 1.807) is 21.9 Å². The summed E-state index contributed by atoms with van der Waals surface area (Å²) in [5.74, 6) is 1.13. The van der Waals surface area contributed by atoms with Crippen molar-refractivity contribution in [3.63, 3.8) is 0 Å². The van der Waals surface area contributed by atoms with Crippen LogP contribution in [0.3, 0.4) is 0 Å². The Kier molecular flexibility index (Phi) is 6.03. The van der Waals surface area contributed by atoms with Crippen LogP contribution in [-0.4, -0.2) is 44.1 Å². The van der Waals surface area contributed by atoms with Gasteiger partial charge >= 0.3 is 6.03 Å². The topological polar surface area (TPSA) is 91.2 Å². The first-order valence-electron chi connectivity index (χ1n) is 10.1. The third-order valence-electron chi connectivity index (χ3n) is 5.03. The van der Waals surface area contributed by atoms with Gasteiger partial charge in [0.25, 0.3) is 0 Å². The molecule has 0 aliphatic carbocycles. The van der Waals surface area contributed by atoms with Crippen LogP contribution in [0.25, 0.3) is 17.1 Å². The molecule has 0 unspecified atom stereocenters. The number of imidazole rings is 1. The average molecular weight is 445 g/mol. The van der Waals surface area contributed by atoms with Gasteiger partial charge in [-0.2, -0.15) is 9.97 Å². The first-order chi connectivity index (χ1) is 15.0. The summed E-state index contributed by atoms with van der Waals surface area (Å²) in [6.45, 7) is 7.10. The highest BCUT2D eigenvalue weighted by Gasteiger charge is 2.35. The molecule has 2 aromatic heterocycles. The lowest BCUT2D eigenvalue weighted by molar-refractivity contribution is 0.222. The van der Waals surface area contributed by atoms with Crippen molar-refractivity contribution >= 4 is 29.1 Å². The predicted molar refractivity (Wildman–Crippen MR) is 115 cm³/mol. The van der Waals surface area contributed by atoms with Crippen molar-refractivity contribution in [2.75, 3.05) is 18.0 Å². The molecule has 31 heavy (non-hydrogen) atoms. The van der Waals surface area contributed by atoms with Crippen LogP contribution < -0.4 is 4.90 Å². The molecule has 4 rings (SSSR count). The van der Waals surface area contributed by atoms with E-state index in [2.05, 4.69) is 26.7 Å². The monoisotopic (exact) mass is 444 g/mol. The molecule has 0 fully saturated rings. The number of nitrogens with zero attached hydrogens (tertiary/aromatic N) is 5. The molecule has 10 heteroatoms. The number of anilines is 1. The molecule has 3 aromatic rings. The zero-order valence-electron chi connectivity index (χ0n) is 17.1. The fourth-order valence-electron chi connectivity index (χ4n) is 3.49. The fraction of sp³-hybridized carbons (Fsp3) is 0.333. The normalized spacial score (nSPS) is 13.8. The number of halogens is 2. The summed E-state index contributed by atoms with van der Waals surface area (Å²) in [4.78, 5) is 27.8. The number of carbonyl (C=O) groups is 1. The molecule has 0 spiro atoms. The number of hydrogen-bond acceptors (Lipinski definition) is 5. The first-order valence-corrected chi connectivity index (χ1v) is 10.5. The number of carbonyl (C=O) groups excluding carboxylic acids is 1. The Hall–Kier alpha value is -3.20. The number of amides is 2. The van der Waals surface area contributed by atoms with Gasteiger partial charge in [-0.15, -0.1) is 0 Å². The average Bonchev–Trinajstić information content (AvgIpc) is 3.38. The summed E-state index contributed by atoms with van der Waals surface area (Å²) in [7, 11) is 0. The molecule has 0 atom stereocenters. The summed E-state index contributed by atoms with van der Waals surface area (Å²) in [5, 5.41) is 4.18. The third kappa shape index (κ3) is 4.32. The Labute approximate surface area is 183 Å². The van der Waals surface area contributed by atoms with Crippen molar-refractivity contribution in [1.82, 2.24) is 25.0 Å². The van der Waals surface area contributed by atoms with E-state index in [1.807, 2.05) is 6.92 Å².